The number of aliphatic hydroxyl groups is 1. The second-order valence-corrected chi connectivity index (χ2v) is 5.67. The number of fused-ring (bicyclic) bond motifs is 1. The molecule has 2 N–H and O–H groups in total. The van der Waals surface area contributed by atoms with E-state index in [0.29, 0.717) is 24.6 Å². The third kappa shape index (κ3) is 1.65. The lowest BCUT2D eigenvalue weighted by Crippen LogP contribution is -2.64. The summed E-state index contributed by atoms with van der Waals surface area (Å²) in [7, 11) is 0. The molecule has 0 unspecified atom stereocenters. The number of hydrogen-bond acceptors (Lipinski definition) is 3. The minimum absolute atomic E-state index is 0.0122. The van der Waals surface area contributed by atoms with Crippen molar-refractivity contribution in [3.63, 3.8) is 0 Å². The molecule has 0 bridgehead atoms. The minimum atomic E-state index is -0.617. The number of amides is 1. The third-order valence-electron chi connectivity index (χ3n) is 4.22. The monoisotopic (exact) mass is 257 g/mol. The van der Waals surface area contributed by atoms with E-state index in [9.17, 15) is 9.90 Å². The summed E-state index contributed by atoms with van der Waals surface area (Å²) < 4.78 is 0. The van der Waals surface area contributed by atoms with E-state index in [-0.39, 0.29) is 5.91 Å². The van der Waals surface area contributed by atoms with Gasteiger partial charge < -0.3 is 15.0 Å². The summed E-state index contributed by atoms with van der Waals surface area (Å²) in [6.45, 7) is 0.940. The van der Waals surface area contributed by atoms with Gasteiger partial charge in [-0.15, -0.1) is 0 Å². The van der Waals surface area contributed by atoms with Gasteiger partial charge in [0.1, 0.15) is 5.60 Å². The Morgan fingerprint density at radius 2 is 2.21 bits per heavy atom. The number of β-amino-alcohol motifs (C(OH)–C–C–N with tert-alkyl or cyclic N) is 1. The largest absolute Gasteiger partial charge is 0.386 e. The van der Waals surface area contributed by atoms with E-state index >= 15 is 0 Å². The zero-order chi connectivity index (χ0) is 13.0. The van der Waals surface area contributed by atoms with E-state index in [2.05, 4.69) is 9.97 Å². The molecule has 2 fully saturated rings. The van der Waals surface area contributed by atoms with Gasteiger partial charge in [0, 0.05) is 5.56 Å². The molecule has 2 aliphatic rings. The van der Waals surface area contributed by atoms with Crippen molar-refractivity contribution < 1.29 is 9.90 Å². The number of aromatic amines is 1. The highest BCUT2D eigenvalue weighted by atomic mass is 16.3. The Morgan fingerprint density at radius 1 is 1.42 bits per heavy atom. The zero-order valence-corrected chi connectivity index (χ0v) is 10.5. The van der Waals surface area contributed by atoms with Crippen molar-refractivity contribution in [2.45, 2.75) is 18.4 Å². The first-order valence-electron chi connectivity index (χ1n) is 6.60. The molecule has 5 heteroatoms. The average molecular weight is 257 g/mol. The lowest BCUT2D eigenvalue weighted by atomic mass is 9.88. The number of rotatable bonds is 2. The zero-order valence-electron chi connectivity index (χ0n) is 10.5. The molecule has 5 nitrogen and oxygen atoms in total. The molecule has 2 aromatic rings. The first-order valence-corrected chi connectivity index (χ1v) is 6.60. The van der Waals surface area contributed by atoms with E-state index in [1.807, 2.05) is 12.1 Å². The standard InChI is InChI=1S/C14H15N3O2/c18-13(17-6-14(19,7-17)10-2-3-10)9-1-4-11-12(5-9)16-8-15-11/h1,4-5,8,10,19H,2-3,6-7H2,(H,15,16). The van der Waals surface area contributed by atoms with Crippen LogP contribution in [-0.2, 0) is 0 Å². The van der Waals surface area contributed by atoms with Gasteiger partial charge in [-0.25, -0.2) is 4.98 Å². The Bertz CT molecular complexity index is 654. The Hall–Kier alpha value is -1.88. The van der Waals surface area contributed by atoms with Crippen molar-refractivity contribution in [3.05, 3.63) is 30.1 Å². The molecule has 1 aliphatic carbocycles. The maximum atomic E-state index is 12.3. The van der Waals surface area contributed by atoms with Crippen molar-refractivity contribution in [2.24, 2.45) is 5.92 Å². The molecule has 0 radical (unpaired) electrons. The molecule has 1 amide bonds. The Kier molecular flexibility index (Phi) is 2.07. The van der Waals surface area contributed by atoms with Crippen LogP contribution in [0.15, 0.2) is 24.5 Å². The van der Waals surface area contributed by atoms with Crippen molar-refractivity contribution >= 4 is 16.9 Å². The molecule has 1 aromatic heterocycles. The van der Waals surface area contributed by atoms with E-state index in [0.717, 1.165) is 23.9 Å². The average Bonchev–Trinajstić information content (AvgIpc) is 3.12. The highest BCUT2D eigenvalue weighted by Crippen LogP contribution is 2.44. The third-order valence-corrected chi connectivity index (χ3v) is 4.22. The first-order chi connectivity index (χ1) is 9.16. The molecule has 2 heterocycles. The SMILES string of the molecule is O=C(c1ccc2nc[nH]c2c1)N1CC(O)(C2CC2)C1. The lowest BCUT2D eigenvalue weighted by molar-refractivity contribution is -0.0958. The van der Waals surface area contributed by atoms with E-state index < -0.39 is 5.60 Å². The highest BCUT2D eigenvalue weighted by Gasteiger charge is 2.53. The van der Waals surface area contributed by atoms with Gasteiger partial charge in [-0.3, -0.25) is 4.79 Å². The Balaban J connectivity index is 1.54. The van der Waals surface area contributed by atoms with Crippen LogP contribution in [0.4, 0.5) is 0 Å². The second-order valence-electron chi connectivity index (χ2n) is 5.67. The molecule has 1 saturated carbocycles. The molecule has 1 saturated heterocycles. The number of imidazole rings is 1. The van der Waals surface area contributed by atoms with Crippen molar-refractivity contribution in [3.8, 4) is 0 Å². The number of carbonyl (C=O) groups excluding carboxylic acids is 1. The van der Waals surface area contributed by atoms with Crippen LogP contribution in [-0.4, -0.2) is 44.6 Å². The fourth-order valence-corrected chi connectivity index (χ4v) is 2.89. The predicted octanol–water partition coefficient (Wildman–Crippen LogP) is 1.16. The minimum Gasteiger partial charge on any atom is -0.386 e. The van der Waals surface area contributed by atoms with Crippen LogP contribution in [0.2, 0.25) is 0 Å². The number of benzene rings is 1. The molecule has 0 atom stereocenters. The number of hydrogen-bond donors (Lipinski definition) is 2. The molecule has 19 heavy (non-hydrogen) atoms. The van der Waals surface area contributed by atoms with Gasteiger partial charge in [-0.1, -0.05) is 0 Å². The lowest BCUT2D eigenvalue weighted by Gasteiger charge is -2.47. The normalized spacial score (nSPS) is 21.4. The smallest absolute Gasteiger partial charge is 0.254 e. The summed E-state index contributed by atoms with van der Waals surface area (Å²) in [5.74, 6) is 0.397. The molecule has 1 aromatic carbocycles. The number of H-pyrrole nitrogens is 1. The second kappa shape index (κ2) is 3.57. The predicted molar refractivity (Wildman–Crippen MR) is 69.7 cm³/mol. The molecular weight excluding hydrogens is 242 g/mol. The number of nitrogens with one attached hydrogen (secondary N) is 1. The topological polar surface area (TPSA) is 69.2 Å². The fraction of sp³-hybridized carbons (Fsp3) is 0.429. The van der Waals surface area contributed by atoms with Gasteiger partial charge in [0.05, 0.1) is 30.5 Å². The van der Waals surface area contributed by atoms with E-state index in [1.54, 1.807) is 17.3 Å². The number of aromatic nitrogens is 2. The van der Waals surface area contributed by atoms with E-state index in [1.165, 1.54) is 0 Å². The summed E-state index contributed by atoms with van der Waals surface area (Å²) in [6.07, 6.45) is 3.81. The molecular formula is C14H15N3O2. The van der Waals surface area contributed by atoms with Gasteiger partial charge in [-0.05, 0) is 37.0 Å². The molecule has 4 rings (SSSR count). The van der Waals surface area contributed by atoms with Crippen molar-refractivity contribution in [1.82, 2.24) is 14.9 Å². The summed E-state index contributed by atoms with van der Waals surface area (Å²) in [5, 5.41) is 10.2. The quantitative estimate of drug-likeness (QED) is 0.848. The number of nitrogens with zero attached hydrogens (tertiary/aromatic N) is 2. The summed E-state index contributed by atoms with van der Waals surface area (Å²) in [5.41, 5.74) is 1.75. The van der Waals surface area contributed by atoms with Gasteiger partial charge in [0.25, 0.3) is 5.91 Å². The van der Waals surface area contributed by atoms with Gasteiger partial charge in [-0.2, -0.15) is 0 Å². The molecule has 98 valence electrons. The number of likely N-dealkylation sites (tertiary alicyclic amines) is 1. The Labute approximate surface area is 110 Å². The Morgan fingerprint density at radius 3 is 2.95 bits per heavy atom. The van der Waals surface area contributed by atoms with Gasteiger partial charge >= 0.3 is 0 Å². The van der Waals surface area contributed by atoms with Crippen molar-refractivity contribution in [2.75, 3.05) is 13.1 Å². The highest BCUT2D eigenvalue weighted by molar-refractivity contribution is 5.97. The summed E-state index contributed by atoms with van der Waals surface area (Å²) >= 11 is 0. The fourth-order valence-electron chi connectivity index (χ4n) is 2.89. The summed E-state index contributed by atoms with van der Waals surface area (Å²) in [6, 6.07) is 5.45. The van der Waals surface area contributed by atoms with E-state index in [4.69, 9.17) is 0 Å². The number of carbonyl (C=O) groups is 1. The van der Waals surface area contributed by atoms with Crippen LogP contribution in [0.5, 0.6) is 0 Å². The first kappa shape index (κ1) is 11.0. The van der Waals surface area contributed by atoms with Gasteiger partial charge in [0.2, 0.25) is 0 Å². The van der Waals surface area contributed by atoms with Crippen LogP contribution in [0.3, 0.4) is 0 Å². The van der Waals surface area contributed by atoms with Gasteiger partial charge in [0.15, 0.2) is 0 Å². The van der Waals surface area contributed by atoms with Crippen LogP contribution >= 0.6 is 0 Å². The van der Waals surface area contributed by atoms with Crippen LogP contribution < -0.4 is 0 Å². The van der Waals surface area contributed by atoms with Crippen LogP contribution in [0, 0.1) is 5.92 Å². The maximum absolute atomic E-state index is 12.3. The van der Waals surface area contributed by atoms with Crippen molar-refractivity contribution in [1.29, 1.82) is 0 Å². The van der Waals surface area contributed by atoms with Crippen LogP contribution in [0.1, 0.15) is 23.2 Å². The van der Waals surface area contributed by atoms with Crippen LogP contribution in [0.25, 0.3) is 11.0 Å². The maximum Gasteiger partial charge on any atom is 0.254 e. The summed E-state index contributed by atoms with van der Waals surface area (Å²) in [4.78, 5) is 21.2. The molecule has 1 aliphatic heterocycles. The molecule has 0 spiro atoms.